The van der Waals surface area contributed by atoms with Crippen LogP contribution in [0.2, 0.25) is 0 Å². The Morgan fingerprint density at radius 2 is 2.18 bits per heavy atom. The van der Waals surface area contributed by atoms with Gasteiger partial charge in [-0.1, -0.05) is 15.9 Å². The zero-order valence-corrected chi connectivity index (χ0v) is 10.9. The van der Waals surface area contributed by atoms with Gasteiger partial charge in [0.15, 0.2) is 11.5 Å². The number of halogens is 1. The minimum Gasteiger partial charge on any atom is -0.504 e. The Kier molecular flexibility index (Phi) is 5.24. The monoisotopic (exact) mass is 303 g/mol. The van der Waals surface area contributed by atoms with Crippen molar-refractivity contribution in [3.05, 3.63) is 23.8 Å². The van der Waals surface area contributed by atoms with Crippen LogP contribution < -0.4 is 5.32 Å². The van der Waals surface area contributed by atoms with Crippen LogP contribution in [0.1, 0.15) is 10.4 Å². The minimum atomic E-state index is -0.319. The first-order chi connectivity index (χ1) is 8.04. The van der Waals surface area contributed by atoms with E-state index >= 15 is 0 Å². The molecule has 0 aliphatic rings. The number of alkyl halides is 1. The highest BCUT2D eigenvalue weighted by atomic mass is 79.9. The number of phenolic OH excluding ortho intramolecular Hbond substituents is 2. The Morgan fingerprint density at radius 3 is 2.76 bits per heavy atom. The number of ether oxygens (including phenoxy) is 1. The number of carbonyl (C=O) groups excluding carboxylic acids is 1. The summed E-state index contributed by atoms with van der Waals surface area (Å²) in [4.78, 5) is 11.7. The van der Waals surface area contributed by atoms with Crippen molar-refractivity contribution >= 4 is 21.8 Å². The molecule has 17 heavy (non-hydrogen) atoms. The average Bonchev–Trinajstić information content (AvgIpc) is 2.30. The Balaban J connectivity index is 2.55. The Morgan fingerprint density at radius 1 is 1.47 bits per heavy atom. The molecule has 6 heteroatoms. The summed E-state index contributed by atoms with van der Waals surface area (Å²) in [6, 6.07) is 3.92. The molecule has 0 heterocycles. The van der Waals surface area contributed by atoms with Crippen LogP contribution in [0, 0.1) is 0 Å². The van der Waals surface area contributed by atoms with Crippen LogP contribution in [-0.4, -0.2) is 41.2 Å². The van der Waals surface area contributed by atoms with Gasteiger partial charge in [-0.15, -0.1) is 0 Å². The third-order valence-corrected chi connectivity index (χ3v) is 2.66. The van der Waals surface area contributed by atoms with Crippen LogP contribution in [0.5, 0.6) is 11.5 Å². The van der Waals surface area contributed by atoms with Gasteiger partial charge in [0, 0.05) is 19.2 Å². The smallest absolute Gasteiger partial charge is 0.251 e. The van der Waals surface area contributed by atoms with Crippen molar-refractivity contribution in [1.82, 2.24) is 5.32 Å². The van der Waals surface area contributed by atoms with E-state index in [1.807, 2.05) is 0 Å². The lowest BCUT2D eigenvalue weighted by molar-refractivity contribution is 0.0949. The SMILES string of the molecule is COCC(Br)CNC(=O)c1ccc(O)c(O)c1. The molecule has 0 aromatic heterocycles. The third-order valence-electron chi connectivity index (χ3n) is 2.07. The predicted molar refractivity (Wildman–Crippen MR) is 66.7 cm³/mol. The van der Waals surface area contributed by atoms with E-state index < -0.39 is 0 Å². The number of rotatable bonds is 5. The fourth-order valence-corrected chi connectivity index (χ4v) is 1.64. The molecule has 0 saturated heterocycles. The molecule has 94 valence electrons. The van der Waals surface area contributed by atoms with E-state index in [9.17, 15) is 9.90 Å². The topological polar surface area (TPSA) is 78.8 Å². The van der Waals surface area contributed by atoms with Gasteiger partial charge in [0.2, 0.25) is 0 Å². The number of aromatic hydroxyl groups is 2. The molecule has 1 atom stereocenters. The summed E-state index contributed by atoms with van der Waals surface area (Å²) in [6.07, 6.45) is 0. The molecule has 5 nitrogen and oxygen atoms in total. The van der Waals surface area contributed by atoms with E-state index in [1.165, 1.54) is 18.2 Å². The number of phenols is 2. The van der Waals surface area contributed by atoms with E-state index in [0.29, 0.717) is 13.2 Å². The normalized spacial score (nSPS) is 12.1. The van der Waals surface area contributed by atoms with Crippen LogP contribution in [-0.2, 0) is 4.74 Å². The van der Waals surface area contributed by atoms with Crippen molar-refractivity contribution in [2.75, 3.05) is 20.3 Å². The fourth-order valence-electron chi connectivity index (χ4n) is 1.21. The summed E-state index contributed by atoms with van der Waals surface area (Å²) in [5.41, 5.74) is 0.289. The maximum atomic E-state index is 11.7. The summed E-state index contributed by atoms with van der Waals surface area (Å²) in [7, 11) is 1.58. The average molecular weight is 304 g/mol. The van der Waals surface area contributed by atoms with Gasteiger partial charge in [0.25, 0.3) is 5.91 Å². The number of hydrogen-bond donors (Lipinski definition) is 3. The fraction of sp³-hybridized carbons (Fsp3) is 0.364. The second kappa shape index (κ2) is 6.46. The standard InChI is InChI=1S/C11H14BrNO4/c1-17-6-8(12)5-13-11(16)7-2-3-9(14)10(15)4-7/h2-4,8,14-15H,5-6H2,1H3,(H,13,16). The number of amides is 1. The van der Waals surface area contributed by atoms with Gasteiger partial charge in [-0.2, -0.15) is 0 Å². The summed E-state index contributed by atoms with van der Waals surface area (Å²) >= 11 is 3.34. The molecule has 1 aromatic rings. The molecule has 1 unspecified atom stereocenters. The van der Waals surface area contributed by atoms with Crippen molar-refractivity contribution in [3.63, 3.8) is 0 Å². The molecule has 1 aromatic carbocycles. The van der Waals surface area contributed by atoms with Gasteiger partial charge in [-0.05, 0) is 18.2 Å². The van der Waals surface area contributed by atoms with E-state index in [0.717, 1.165) is 0 Å². The molecule has 3 N–H and O–H groups in total. The van der Waals surface area contributed by atoms with Crippen LogP contribution in [0.25, 0.3) is 0 Å². The van der Waals surface area contributed by atoms with Crippen LogP contribution in [0.4, 0.5) is 0 Å². The largest absolute Gasteiger partial charge is 0.504 e. The van der Waals surface area contributed by atoms with Crippen molar-refractivity contribution in [1.29, 1.82) is 0 Å². The maximum absolute atomic E-state index is 11.7. The van der Waals surface area contributed by atoms with Gasteiger partial charge >= 0.3 is 0 Å². The van der Waals surface area contributed by atoms with E-state index in [4.69, 9.17) is 9.84 Å². The number of nitrogens with one attached hydrogen (secondary N) is 1. The molecule has 0 saturated carbocycles. The number of methoxy groups -OCH3 is 1. The molecular formula is C11H14BrNO4. The number of benzene rings is 1. The molecule has 0 aliphatic heterocycles. The second-order valence-electron chi connectivity index (χ2n) is 3.47. The van der Waals surface area contributed by atoms with Crippen LogP contribution >= 0.6 is 15.9 Å². The lowest BCUT2D eigenvalue weighted by Gasteiger charge is -2.10. The quantitative estimate of drug-likeness (QED) is 0.565. The molecule has 0 fully saturated rings. The van der Waals surface area contributed by atoms with E-state index in [1.54, 1.807) is 7.11 Å². The minimum absolute atomic E-state index is 0.0298. The van der Waals surface area contributed by atoms with Gasteiger partial charge < -0.3 is 20.3 Å². The molecule has 1 rings (SSSR count). The lowest BCUT2D eigenvalue weighted by Crippen LogP contribution is -2.31. The van der Waals surface area contributed by atoms with Crippen molar-refractivity contribution in [2.45, 2.75) is 4.83 Å². The summed E-state index contributed by atoms with van der Waals surface area (Å²) in [5.74, 6) is -0.884. The van der Waals surface area contributed by atoms with Crippen molar-refractivity contribution in [3.8, 4) is 11.5 Å². The van der Waals surface area contributed by atoms with Gasteiger partial charge in [-0.25, -0.2) is 0 Å². The first kappa shape index (κ1) is 13.8. The van der Waals surface area contributed by atoms with Gasteiger partial charge in [-0.3, -0.25) is 4.79 Å². The third kappa shape index (κ3) is 4.24. The highest BCUT2D eigenvalue weighted by molar-refractivity contribution is 9.09. The molecule has 0 bridgehead atoms. The molecule has 1 amide bonds. The molecule has 0 spiro atoms. The lowest BCUT2D eigenvalue weighted by atomic mass is 10.2. The highest BCUT2D eigenvalue weighted by Gasteiger charge is 2.10. The predicted octanol–water partition coefficient (Wildman–Crippen LogP) is 1.24. The maximum Gasteiger partial charge on any atom is 0.251 e. The molecule has 0 aliphatic carbocycles. The first-order valence-electron chi connectivity index (χ1n) is 4.97. The summed E-state index contributed by atoms with van der Waals surface area (Å²) in [6.45, 7) is 0.898. The van der Waals surface area contributed by atoms with Crippen LogP contribution in [0.3, 0.4) is 0 Å². The van der Waals surface area contributed by atoms with E-state index in [-0.39, 0.29) is 27.8 Å². The van der Waals surface area contributed by atoms with Crippen molar-refractivity contribution < 1.29 is 19.7 Å². The first-order valence-corrected chi connectivity index (χ1v) is 5.89. The second-order valence-corrected chi connectivity index (χ2v) is 4.76. The zero-order chi connectivity index (χ0) is 12.8. The summed E-state index contributed by atoms with van der Waals surface area (Å²) in [5, 5.41) is 21.0. The molecule has 0 radical (unpaired) electrons. The molecular weight excluding hydrogens is 290 g/mol. The van der Waals surface area contributed by atoms with Gasteiger partial charge in [0.1, 0.15) is 0 Å². The van der Waals surface area contributed by atoms with E-state index in [2.05, 4.69) is 21.2 Å². The number of hydrogen-bond acceptors (Lipinski definition) is 4. The zero-order valence-electron chi connectivity index (χ0n) is 9.31. The number of carbonyl (C=O) groups is 1. The Bertz CT molecular complexity index is 397. The Labute approximate surface area is 108 Å². The Hall–Kier alpha value is -1.27. The highest BCUT2D eigenvalue weighted by Crippen LogP contribution is 2.24. The van der Waals surface area contributed by atoms with Crippen molar-refractivity contribution in [2.24, 2.45) is 0 Å². The summed E-state index contributed by atoms with van der Waals surface area (Å²) < 4.78 is 4.91. The van der Waals surface area contributed by atoms with Gasteiger partial charge in [0.05, 0.1) is 11.4 Å². The van der Waals surface area contributed by atoms with Crippen LogP contribution in [0.15, 0.2) is 18.2 Å².